The third kappa shape index (κ3) is 6.28. The molecule has 36 heavy (non-hydrogen) atoms. The zero-order chi connectivity index (χ0) is 25.9. The van der Waals surface area contributed by atoms with Crippen molar-refractivity contribution in [3.63, 3.8) is 0 Å². The molecule has 0 spiro atoms. The van der Waals surface area contributed by atoms with Gasteiger partial charge in [-0.1, -0.05) is 35.3 Å². The number of aromatic amines is 1. The quantitative estimate of drug-likeness (QED) is 0.497. The molecule has 2 heterocycles. The van der Waals surface area contributed by atoms with Crippen LogP contribution >= 0.6 is 23.2 Å². The highest BCUT2D eigenvalue weighted by Gasteiger charge is 2.29. The van der Waals surface area contributed by atoms with E-state index in [1.165, 1.54) is 4.57 Å². The van der Waals surface area contributed by atoms with Gasteiger partial charge in [0.25, 0.3) is 0 Å². The first-order valence-electron chi connectivity index (χ1n) is 11.6. The Labute approximate surface area is 217 Å². The molecule has 0 saturated carbocycles. The van der Waals surface area contributed by atoms with Gasteiger partial charge in [0.1, 0.15) is 5.75 Å². The van der Waals surface area contributed by atoms with Gasteiger partial charge in [0.05, 0.1) is 37.1 Å². The molecule has 1 saturated heterocycles. The first kappa shape index (κ1) is 26.2. The molecule has 1 aliphatic heterocycles. The molecule has 0 amide bonds. The van der Waals surface area contributed by atoms with E-state index >= 15 is 0 Å². The maximum atomic E-state index is 13.6. The Kier molecular flexibility index (Phi) is 8.04. The van der Waals surface area contributed by atoms with E-state index in [1.54, 1.807) is 30.3 Å². The lowest BCUT2D eigenvalue weighted by Gasteiger charge is -2.34. The Bertz CT molecular complexity index is 1400. The van der Waals surface area contributed by atoms with Crippen LogP contribution in [0, 0.1) is 5.92 Å². The number of ether oxygens (including phenoxy) is 3. The van der Waals surface area contributed by atoms with E-state index in [4.69, 9.17) is 37.4 Å². The molecule has 1 aliphatic rings. The van der Waals surface area contributed by atoms with Crippen LogP contribution in [0.3, 0.4) is 0 Å². The van der Waals surface area contributed by atoms with Gasteiger partial charge in [-0.15, -0.1) is 0 Å². The van der Waals surface area contributed by atoms with Crippen LogP contribution in [0.25, 0.3) is 0 Å². The maximum absolute atomic E-state index is 13.6. The number of aromatic nitrogens is 3. The van der Waals surface area contributed by atoms with Gasteiger partial charge in [0.15, 0.2) is 5.79 Å². The number of hydrogen-bond donors (Lipinski definition) is 1. The van der Waals surface area contributed by atoms with Gasteiger partial charge in [-0.05, 0) is 56.7 Å². The highest BCUT2D eigenvalue weighted by atomic mass is 35.5. The van der Waals surface area contributed by atoms with Crippen molar-refractivity contribution in [3.05, 3.63) is 84.7 Å². The minimum atomic E-state index is -0.690. The number of H-pyrrole nitrogens is 1. The van der Waals surface area contributed by atoms with Crippen LogP contribution in [0.5, 0.6) is 5.75 Å². The van der Waals surface area contributed by atoms with Crippen LogP contribution in [0.15, 0.2) is 57.0 Å². The lowest BCUT2D eigenvalue weighted by atomic mass is 10.1. The summed E-state index contributed by atoms with van der Waals surface area (Å²) >= 11 is 12.3. The summed E-state index contributed by atoms with van der Waals surface area (Å²) < 4.78 is 19.4. The predicted octanol–water partition coefficient (Wildman–Crippen LogP) is 3.72. The molecular weight excluding hydrogens is 507 g/mol. The minimum absolute atomic E-state index is 0.0914. The molecule has 0 atom stereocenters. The Balaban J connectivity index is 1.77. The SMILES string of the molecule is CCOc1ccc(/N=c2\[nH]c(=O)n(CC3COC(C)(C)OC3)c(=O)n2Cc2ccc(Cl)cc2)cc1Cl. The van der Waals surface area contributed by atoms with Gasteiger partial charge in [0, 0.05) is 17.5 Å². The smallest absolute Gasteiger partial charge is 0.335 e. The summed E-state index contributed by atoms with van der Waals surface area (Å²) in [5, 5.41) is 0.954. The first-order valence-corrected chi connectivity index (χ1v) is 12.3. The first-order chi connectivity index (χ1) is 17.1. The third-order valence-electron chi connectivity index (χ3n) is 5.66. The van der Waals surface area contributed by atoms with E-state index in [-0.39, 0.29) is 24.6 Å². The molecule has 11 heteroatoms. The van der Waals surface area contributed by atoms with E-state index in [2.05, 4.69) is 9.98 Å². The van der Waals surface area contributed by atoms with E-state index in [0.717, 1.165) is 10.1 Å². The molecule has 1 aromatic heterocycles. The van der Waals surface area contributed by atoms with Crippen LogP contribution in [0.2, 0.25) is 10.0 Å². The normalized spacial score (nSPS) is 16.3. The Hall–Kier alpha value is -2.85. The molecule has 0 bridgehead atoms. The number of halogens is 2. The monoisotopic (exact) mass is 534 g/mol. The molecule has 0 unspecified atom stereocenters. The molecule has 9 nitrogen and oxygen atoms in total. The third-order valence-corrected chi connectivity index (χ3v) is 6.21. The maximum Gasteiger partial charge on any atom is 0.335 e. The summed E-state index contributed by atoms with van der Waals surface area (Å²) in [6, 6.07) is 12.1. The average Bonchev–Trinajstić information content (AvgIpc) is 2.83. The van der Waals surface area contributed by atoms with Crippen LogP contribution < -0.4 is 21.7 Å². The zero-order valence-electron chi connectivity index (χ0n) is 20.3. The van der Waals surface area contributed by atoms with Crippen LogP contribution in [0.1, 0.15) is 26.3 Å². The summed E-state index contributed by atoms with van der Waals surface area (Å²) in [7, 11) is 0. The van der Waals surface area contributed by atoms with Crippen molar-refractivity contribution in [2.24, 2.45) is 10.9 Å². The predicted molar refractivity (Wildman–Crippen MR) is 137 cm³/mol. The lowest BCUT2D eigenvalue weighted by molar-refractivity contribution is -0.263. The molecule has 2 aromatic carbocycles. The average molecular weight is 535 g/mol. The van der Waals surface area contributed by atoms with Gasteiger partial charge >= 0.3 is 11.4 Å². The molecule has 1 fully saturated rings. The van der Waals surface area contributed by atoms with Gasteiger partial charge in [-0.3, -0.25) is 9.55 Å². The fourth-order valence-corrected chi connectivity index (χ4v) is 4.12. The zero-order valence-corrected chi connectivity index (χ0v) is 21.8. The van der Waals surface area contributed by atoms with Crippen LogP contribution in [-0.4, -0.2) is 39.7 Å². The van der Waals surface area contributed by atoms with Crippen molar-refractivity contribution < 1.29 is 14.2 Å². The second kappa shape index (κ2) is 11.0. The van der Waals surface area contributed by atoms with Crippen molar-refractivity contribution in [2.45, 2.75) is 39.6 Å². The number of benzene rings is 2. The van der Waals surface area contributed by atoms with Gasteiger partial charge in [0.2, 0.25) is 5.62 Å². The molecule has 192 valence electrons. The van der Waals surface area contributed by atoms with Crippen molar-refractivity contribution in [1.82, 2.24) is 14.1 Å². The summed E-state index contributed by atoms with van der Waals surface area (Å²) in [4.78, 5) is 33.8. The number of nitrogens with zero attached hydrogens (tertiary/aromatic N) is 3. The van der Waals surface area contributed by atoms with Crippen molar-refractivity contribution in [3.8, 4) is 5.75 Å². The fraction of sp³-hybridized carbons (Fsp3) is 0.400. The largest absolute Gasteiger partial charge is 0.492 e. The standard InChI is InChI=1S/C25H28Cl2N4O5/c1-4-34-21-10-9-19(11-20(21)27)28-22-29-23(32)31(13-17-14-35-25(2,3)36-15-17)24(33)30(22)12-16-5-7-18(26)8-6-16/h5-11,17H,4,12-15H2,1-3H3,(H,28,29,32). The minimum Gasteiger partial charge on any atom is -0.492 e. The number of nitrogens with one attached hydrogen (secondary N) is 1. The van der Waals surface area contributed by atoms with E-state index in [0.29, 0.717) is 41.3 Å². The Morgan fingerprint density at radius 2 is 1.78 bits per heavy atom. The van der Waals surface area contributed by atoms with Crippen molar-refractivity contribution in [1.29, 1.82) is 0 Å². The van der Waals surface area contributed by atoms with Gasteiger partial charge < -0.3 is 14.2 Å². The lowest BCUT2D eigenvalue weighted by Crippen LogP contribution is -2.52. The summed E-state index contributed by atoms with van der Waals surface area (Å²) in [6.07, 6.45) is 0. The Morgan fingerprint density at radius 1 is 1.08 bits per heavy atom. The second-order valence-corrected chi connectivity index (χ2v) is 9.75. The van der Waals surface area contributed by atoms with Crippen LogP contribution in [0.4, 0.5) is 5.69 Å². The molecule has 1 N–H and O–H groups in total. The second-order valence-electron chi connectivity index (χ2n) is 8.91. The van der Waals surface area contributed by atoms with Crippen molar-refractivity contribution >= 4 is 28.9 Å². The highest BCUT2D eigenvalue weighted by molar-refractivity contribution is 6.32. The summed E-state index contributed by atoms with van der Waals surface area (Å²) in [5.74, 6) is -0.325. The van der Waals surface area contributed by atoms with Gasteiger partial charge in [-0.2, -0.15) is 0 Å². The van der Waals surface area contributed by atoms with Gasteiger partial charge in [-0.25, -0.2) is 19.1 Å². The molecule has 0 radical (unpaired) electrons. The van der Waals surface area contributed by atoms with E-state index in [9.17, 15) is 9.59 Å². The highest BCUT2D eigenvalue weighted by Crippen LogP contribution is 2.28. The Morgan fingerprint density at radius 3 is 2.42 bits per heavy atom. The van der Waals surface area contributed by atoms with Crippen molar-refractivity contribution in [2.75, 3.05) is 19.8 Å². The summed E-state index contributed by atoms with van der Waals surface area (Å²) in [6.45, 7) is 7.02. The van der Waals surface area contributed by atoms with Crippen LogP contribution in [-0.2, 0) is 22.6 Å². The molecular formula is C25H28Cl2N4O5. The van der Waals surface area contributed by atoms with E-state index in [1.807, 2.05) is 32.9 Å². The fourth-order valence-electron chi connectivity index (χ4n) is 3.76. The number of hydrogen-bond acceptors (Lipinski definition) is 6. The molecule has 3 aromatic rings. The topological polar surface area (TPSA) is 99.8 Å². The molecule has 0 aliphatic carbocycles. The number of rotatable bonds is 7. The summed E-state index contributed by atoms with van der Waals surface area (Å²) in [5.41, 5.74) is 0.278. The van der Waals surface area contributed by atoms with E-state index < -0.39 is 17.2 Å². The molecule has 4 rings (SSSR count).